The van der Waals surface area contributed by atoms with E-state index in [9.17, 15) is 0 Å². The molecule has 5 nitrogen and oxygen atoms in total. The number of likely N-dealkylation sites (N-methyl/N-ethyl adjacent to an activating group) is 1. The minimum Gasteiger partial charge on any atom is -0.351 e. The lowest BCUT2D eigenvalue weighted by Gasteiger charge is -2.36. The third-order valence-corrected chi connectivity index (χ3v) is 5.95. The average Bonchev–Trinajstić information content (AvgIpc) is 3.22. The second kappa shape index (κ2) is 9.78. The highest BCUT2D eigenvalue weighted by Crippen LogP contribution is 2.47. The summed E-state index contributed by atoms with van der Waals surface area (Å²) in [6.45, 7) is 3.94. The molecule has 2 heterocycles. The van der Waals surface area contributed by atoms with E-state index in [-0.39, 0.29) is 0 Å². The molecule has 0 aliphatic carbocycles. The van der Waals surface area contributed by atoms with Crippen molar-refractivity contribution >= 4 is 23.1 Å². The van der Waals surface area contributed by atoms with E-state index in [1.165, 1.54) is 21.2 Å². The molecule has 148 valence electrons. The van der Waals surface area contributed by atoms with Crippen LogP contribution in [-0.2, 0) is 6.42 Å². The number of fused-ring (bicyclic) bond motifs is 2. The van der Waals surface area contributed by atoms with Crippen LogP contribution < -0.4 is 10.6 Å². The maximum absolute atomic E-state index is 5.27. The van der Waals surface area contributed by atoms with Crippen LogP contribution in [0.4, 0.5) is 11.4 Å². The highest BCUT2D eigenvalue weighted by molar-refractivity contribution is 7.99. The van der Waals surface area contributed by atoms with E-state index < -0.39 is 0 Å². The van der Waals surface area contributed by atoms with Crippen molar-refractivity contribution in [3.8, 4) is 0 Å². The standard InChI is InChI=1S/C17H20N2S.C5H9N3/c1-13(18(2)3)12-19-14-8-4-6-10-16(14)20-17-11-7-5-9-15(17)19;6-2-1-5-3-7-4-8-5/h4-11,13H,12H2,1-3H3;3-4H,1-2,6H2,(H,7,8). The van der Waals surface area contributed by atoms with Crippen LogP contribution in [-0.4, -0.2) is 48.1 Å². The number of aromatic amines is 1. The Kier molecular flexibility index (Phi) is 7.14. The van der Waals surface area contributed by atoms with E-state index in [2.05, 4.69) is 89.3 Å². The van der Waals surface area contributed by atoms with Gasteiger partial charge in [0.15, 0.2) is 0 Å². The molecule has 28 heavy (non-hydrogen) atoms. The number of nitrogens with zero attached hydrogens (tertiary/aromatic N) is 3. The van der Waals surface area contributed by atoms with Gasteiger partial charge < -0.3 is 20.5 Å². The van der Waals surface area contributed by atoms with E-state index in [1.54, 1.807) is 6.33 Å². The summed E-state index contributed by atoms with van der Waals surface area (Å²) in [5.41, 5.74) is 8.95. The zero-order valence-electron chi connectivity index (χ0n) is 16.8. The van der Waals surface area contributed by atoms with Gasteiger partial charge in [0.05, 0.1) is 23.4 Å². The Morgan fingerprint density at radius 3 is 2.18 bits per heavy atom. The van der Waals surface area contributed by atoms with Crippen LogP contribution in [0.3, 0.4) is 0 Å². The minimum absolute atomic E-state index is 0.499. The largest absolute Gasteiger partial charge is 0.351 e. The van der Waals surface area contributed by atoms with Gasteiger partial charge in [-0.25, -0.2) is 4.98 Å². The van der Waals surface area contributed by atoms with Crippen LogP contribution in [0.5, 0.6) is 0 Å². The number of hydrogen-bond donors (Lipinski definition) is 2. The summed E-state index contributed by atoms with van der Waals surface area (Å²) >= 11 is 1.87. The molecule has 1 unspecified atom stereocenters. The molecule has 1 atom stereocenters. The molecule has 0 fully saturated rings. The van der Waals surface area contributed by atoms with Crippen molar-refractivity contribution in [2.75, 3.05) is 32.1 Å². The van der Waals surface area contributed by atoms with Crippen LogP contribution in [0.2, 0.25) is 0 Å². The van der Waals surface area contributed by atoms with Crippen molar-refractivity contribution < 1.29 is 0 Å². The van der Waals surface area contributed by atoms with Crippen LogP contribution >= 0.6 is 11.8 Å². The third-order valence-electron chi connectivity index (χ3n) is 4.82. The zero-order chi connectivity index (χ0) is 19.9. The number of imidazole rings is 1. The maximum Gasteiger partial charge on any atom is 0.0923 e. The van der Waals surface area contributed by atoms with Gasteiger partial charge in [0.1, 0.15) is 0 Å². The van der Waals surface area contributed by atoms with Gasteiger partial charge in [-0.05, 0) is 51.8 Å². The molecule has 3 N–H and O–H groups in total. The van der Waals surface area contributed by atoms with E-state index >= 15 is 0 Å². The van der Waals surface area contributed by atoms with Gasteiger partial charge in [0.25, 0.3) is 0 Å². The molecule has 3 aromatic rings. The number of rotatable bonds is 5. The number of nitrogens with two attached hydrogens (primary N) is 1. The van der Waals surface area contributed by atoms with Gasteiger partial charge >= 0.3 is 0 Å². The average molecular weight is 396 g/mol. The summed E-state index contributed by atoms with van der Waals surface area (Å²) in [5, 5.41) is 0. The molecule has 0 saturated heterocycles. The first-order valence-corrected chi connectivity index (χ1v) is 10.4. The topological polar surface area (TPSA) is 61.2 Å². The van der Waals surface area contributed by atoms with Crippen LogP contribution in [0.15, 0.2) is 70.8 Å². The van der Waals surface area contributed by atoms with E-state index in [0.717, 1.165) is 18.7 Å². The summed E-state index contributed by atoms with van der Waals surface area (Å²) in [6, 6.07) is 17.9. The fourth-order valence-corrected chi connectivity index (χ4v) is 4.08. The lowest BCUT2D eigenvalue weighted by atomic mass is 10.2. The summed E-state index contributed by atoms with van der Waals surface area (Å²) in [4.78, 5) is 14.2. The van der Waals surface area contributed by atoms with Gasteiger partial charge in [-0.1, -0.05) is 36.0 Å². The highest BCUT2D eigenvalue weighted by Gasteiger charge is 2.24. The summed E-state index contributed by atoms with van der Waals surface area (Å²) in [5.74, 6) is 0. The fourth-order valence-electron chi connectivity index (χ4n) is 2.98. The van der Waals surface area contributed by atoms with Gasteiger partial charge in [-0.3, -0.25) is 0 Å². The Labute approximate surface area is 172 Å². The van der Waals surface area contributed by atoms with Crippen molar-refractivity contribution in [1.82, 2.24) is 14.9 Å². The summed E-state index contributed by atoms with van der Waals surface area (Å²) in [7, 11) is 4.28. The quantitative estimate of drug-likeness (QED) is 0.679. The SMILES string of the molecule is CC(CN1c2ccccc2Sc2ccccc21)N(C)C.NCCc1c[nH]cn1. The van der Waals surface area contributed by atoms with Crippen molar-refractivity contribution in [1.29, 1.82) is 0 Å². The first kappa shape index (κ1) is 20.5. The second-order valence-electron chi connectivity index (χ2n) is 7.06. The molecular formula is C22H29N5S. The Hall–Kier alpha value is -2.28. The molecule has 1 aromatic heterocycles. The van der Waals surface area contributed by atoms with Crippen molar-refractivity contribution in [2.45, 2.75) is 29.2 Å². The zero-order valence-corrected chi connectivity index (χ0v) is 17.6. The third kappa shape index (κ3) is 4.95. The number of hydrogen-bond acceptors (Lipinski definition) is 5. The van der Waals surface area contributed by atoms with Gasteiger partial charge in [-0.2, -0.15) is 0 Å². The molecule has 0 saturated carbocycles. The first-order valence-electron chi connectivity index (χ1n) is 9.57. The molecule has 2 aromatic carbocycles. The maximum atomic E-state index is 5.27. The van der Waals surface area contributed by atoms with Crippen molar-refractivity contribution in [2.24, 2.45) is 5.73 Å². The molecule has 1 aliphatic rings. The van der Waals surface area contributed by atoms with Crippen LogP contribution in [0.25, 0.3) is 0 Å². The number of H-pyrrole nitrogens is 1. The smallest absolute Gasteiger partial charge is 0.0923 e. The second-order valence-corrected chi connectivity index (χ2v) is 8.14. The molecule has 0 radical (unpaired) electrons. The Bertz CT molecular complexity index is 817. The van der Waals surface area contributed by atoms with Crippen LogP contribution in [0, 0.1) is 0 Å². The Balaban J connectivity index is 0.000000236. The lowest BCUT2D eigenvalue weighted by Crippen LogP contribution is -2.37. The van der Waals surface area contributed by atoms with E-state index in [0.29, 0.717) is 12.6 Å². The Morgan fingerprint density at radius 2 is 1.68 bits per heavy atom. The normalized spacial score (nSPS) is 13.4. The number of nitrogens with one attached hydrogen (secondary N) is 1. The number of anilines is 2. The number of aromatic nitrogens is 2. The predicted octanol–water partition coefficient (Wildman–Crippen LogP) is 4.15. The molecular weight excluding hydrogens is 366 g/mol. The number of benzene rings is 2. The Morgan fingerprint density at radius 1 is 1.07 bits per heavy atom. The summed E-state index contributed by atoms with van der Waals surface area (Å²) < 4.78 is 0. The number of para-hydroxylation sites is 2. The van der Waals surface area contributed by atoms with Gasteiger partial charge in [-0.15, -0.1) is 0 Å². The molecule has 4 rings (SSSR count). The minimum atomic E-state index is 0.499. The fraction of sp³-hybridized carbons (Fsp3) is 0.318. The first-order chi connectivity index (χ1) is 13.6. The highest BCUT2D eigenvalue weighted by atomic mass is 32.2. The van der Waals surface area contributed by atoms with Crippen molar-refractivity contribution in [3.63, 3.8) is 0 Å². The van der Waals surface area contributed by atoms with Gasteiger partial charge in [0, 0.05) is 35.0 Å². The van der Waals surface area contributed by atoms with Gasteiger partial charge in [0.2, 0.25) is 0 Å². The predicted molar refractivity (Wildman–Crippen MR) is 119 cm³/mol. The molecule has 6 heteroatoms. The molecule has 0 amide bonds. The molecule has 1 aliphatic heterocycles. The monoisotopic (exact) mass is 395 g/mol. The summed E-state index contributed by atoms with van der Waals surface area (Å²) in [6.07, 6.45) is 4.38. The van der Waals surface area contributed by atoms with E-state index in [1.807, 2.05) is 18.0 Å². The lowest BCUT2D eigenvalue weighted by molar-refractivity contribution is 0.319. The van der Waals surface area contributed by atoms with E-state index in [4.69, 9.17) is 5.73 Å². The van der Waals surface area contributed by atoms with Crippen LogP contribution in [0.1, 0.15) is 12.6 Å². The molecule has 0 bridgehead atoms. The molecule has 0 spiro atoms. The van der Waals surface area contributed by atoms with Crippen molar-refractivity contribution in [3.05, 3.63) is 66.7 Å².